The molecule has 2 heterocycles. The molecule has 2 aliphatic heterocycles. The topological polar surface area (TPSA) is 238 Å². The van der Waals surface area contributed by atoms with Crippen LogP contribution in [0.15, 0.2) is 0 Å². The van der Waals surface area contributed by atoms with E-state index < -0.39 is 152 Å². The van der Waals surface area contributed by atoms with E-state index in [9.17, 15) is 38.4 Å². The third-order valence-corrected chi connectivity index (χ3v) is 8.32. The van der Waals surface area contributed by atoms with Crippen LogP contribution in [0.3, 0.4) is 0 Å². The van der Waals surface area contributed by atoms with E-state index in [1.165, 1.54) is 41.5 Å². The minimum atomic E-state index is -2.52. The standard InChI is InChI=1S/C38H58O19/c1-17(2)32(42)47-14-25-27(53-34(44)19(5)6)29(54-35(45)20(7)8)30(55-36(46)21(9)10)37(52-25)57-38(16-49-22(11)39)31(51-24(13)41)28(50-23(12)40)26(56-38)15-48-33(43)18(3)4/h17-21,25-31,37H,14-16H2,1-13H3/t25-,26-,27-,28-,29+,30-,31+,37-,38+/m1/s1. The maximum absolute atomic E-state index is 13.4. The van der Waals surface area contributed by atoms with Crippen molar-refractivity contribution in [3.63, 3.8) is 0 Å². The Balaban J connectivity index is 2.95. The van der Waals surface area contributed by atoms with E-state index in [4.69, 9.17) is 52.1 Å². The molecule has 2 aliphatic rings. The van der Waals surface area contributed by atoms with Crippen LogP contribution >= 0.6 is 0 Å². The van der Waals surface area contributed by atoms with Crippen LogP contribution in [0.2, 0.25) is 0 Å². The molecule has 0 aliphatic carbocycles. The van der Waals surface area contributed by atoms with Crippen LogP contribution in [0.4, 0.5) is 0 Å². The lowest BCUT2D eigenvalue weighted by molar-refractivity contribution is -0.385. The second kappa shape index (κ2) is 21.4. The molecule has 0 spiro atoms. The summed E-state index contributed by atoms with van der Waals surface area (Å²) >= 11 is 0. The fourth-order valence-corrected chi connectivity index (χ4v) is 5.25. The van der Waals surface area contributed by atoms with Crippen molar-refractivity contribution in [2.24, 2.45) is 29.6 Å². The molecule has 0 aromatic rings. The molecule has 19 heteroatoms. The van der Waals surface area contributed by atoms with Crippen molar-refractivity contribution in [1.82, 2.24) is 0 Å². The number of rotatable bonds is 18. The van der Waals surface area contributed by atoms with Crippen molar-refractivity contribution in [1.29, 1.82) is 0 Å². The Morgan fingerprint density at radius 1 is 0.474 bits per heavy atom. The third-order valence-electron chi connectivity index (χ3n) is 8.32. The van der Waals surface area contributed by atoms with Gasteiger partial charge in [0.05, 0.1) is 29.6 Å². The lowest BCUT2D eigenvalue weighted by atomic mass is 9.97. The molecule has 2 fully saturated rings. The molecular formula is C38H58O19. The zero-order valence-electron chi connectivity index (χ0n) is 34.9. The molecule has 0 radical (unpaired) electrons. The molecule has 0 N–H and O–H groups in total. The fraction of sp³-hybridized carbons (Fsp3) is 0.789. The Labute approximate surface area is 332 Å². The Morgan fingerprint density at radius 3 is 1.32 bits per heavy atom. The smallest absolute Gasteiger partial charge is 0.308 e. The molecule has 0 aromatic heterocycles. The SMILES string of the molecule is CC(=O)OC[C@@]1(O[C@H]2O[C@H](COC(=O)C(C)C)[C@@H](OC(=O)C(C)C)[C@H](OC(=O)C(C)C)[C@H]2OC(=O)C(C)C)O[C@H](COC(=O)C(C)C)[C@@H](OC(C)=O)[C@@H]1OC(C)=O. The maximum Gasteiger partial charge on any atom is 0.308 e. The zero-order chi connectivity index (χ0) is 43.5. The molecule has 0 aromatic carbocycles. The monoisotopic (exact) mass is 818 g/mol. The first-order valence-electron chi connectivity index (χ1n) is 18.8. The van der Waals surface area contributed by atoms with Crippen LogP contribution in [0.1, 0.15) is 90.0 Å². The van der Waals surface area contributed by atoms with Crippen molar-refractivity contribution >= 4 is 47.8 Å². The fourth-order valence-electron chi connectivity index (χ4n) is 5.25. The predicted octanol–water partition coefficient (Wildman–Crippen LogP) is 2.35. The summed E-state index contributed by atoms with van der Waals surface area (Å²) < 4.78 is 64.0. The first kappa shape index (κ1) is 48.8. The van der Waals surface area contributed by atoms with Crippen molar-refractivity contribution in [3.05, 3.63) is 0 Å². The van der Waals surface area contributed by atoms with Crippen LogP contribution in [0.25, 0.3) is 0 Å². The Hall–Kier alpha value is -4.36. The van der Waals surface area contributed by atoms with Gasteiger partial charge >= 0.3 is 47.8 Å². The summed E-state index contributed by atoms with van der Waals surface area (Å²) in [6, 6.07) is 0. The highest BCUT2D eigenvalue weighted by molar-refractivity contribution is 5.74. The van der Waals surface area contributed by atoms with E-state index in [1.54, 1.807) is 27.7 Å². The Bertz CT molecular complexity index is 1450. The minimum Gasteiger partial charge on any atom is -0.463 e. The summed E-state index contributed by atoms with van der Waals surface area (Å²) in [5.74, 6) is -12.6. The van der Waals surface area contributed by atoms with E-state index in [1.807, 2.05) is 0 Å². The van der Waals surface area contributed by atoms with Gasteiger partial charge in [0.15, 0.2) is 30.5 Å². The van der Waals surface area contributed by atoms with Gasteiger partial charge in [0.1, 0.15) is 32.0 Å². The van der Waals surface area contributed by atoms with Crippen LogP contribution in [0.5, 0.6) is 0 Å². The molecule has 0 unspecified atom stereocenters. The van der Waals surface area contributed by atoms with Crippen LogP contribution in [-0.4, -0.2) is 122 Å². The molecular weight excluding hydrogens is 760 g/mol. The number of hydrogen-bond acceptors (Lipinski definition) is 19. The average molecular weight is 819 g/mol. The van der Waals surface area contributed by atoms with Gasteiger partial charge in [-0.05, 0) is 0 Å². The van der Waals surface area contributed by atoms with Crippen LogP contribution in [-0.2, 0) is 90.5 Å². The second-order valence-electron chi connectivity index (χ2n) is 15.3. The van der Waals surface area contributed by atoms with Crippen molar-refractivity contribution in [2.75, 3.05) is 19.8 Å². The summed E-state index contributed by atoms with van der Waals surface area (Å²) in [6.45, 7) is 16.4. The van der Waals surface area contributed by atoms with Crippen molar-refractivity contribution in [3.8, 4) is 0 Å². The molecule has 0 saturated carbocycles. The summed E-state index contributed by atoms with van der Waals surface area (Å²) in [7, 11) is 0. The molecule has 57 heavy (non-hydrogen) atoms. The van der Waals surface area contributed by atoms with Gasteiger partial charge in [0.2, 0.25) is 12.1 Å². The lowest BCUT2D eigenvalue weighted by Gasteiger charge is -2.47. The number of esters is 8. The third kappa shape index (κ3) is 13.9. The first-order valence-corrected chi connectivity index (χ1v) is 18.8. The Kier molecular flexibility index (Phi) is 18.3. The highest BCUT2D eigenvalue weighted by Crippen LogP contribution is 2.42. The largest absolute Gasteiger partial charge is 0.463 e. The van der Waals surface area contributed by atoms with Gasteiger partial charge < -0.3 is 52.1 Å². The minimum absolute atomic E-state index is 0.592. The molecule has 0 amide bonds. The van der Waals surface area contributed by atoms with Gasteiger partial charge in [0.25, 0.3) is 0 Å². The highest BCUT2D eigenvalue weighted by atomic mass is 16.8. The van der Waals surface area contributed by atoms with Gasteiger partial charge in [0, 0.05) is 20.8 Å². The van der Waals surface area contributed by atoms with Gasteiger partial charge in [-0.15, -0.1) is 0 Å². The number of carbonyl (C=O) groups is 8. The quantitative estimate of drug-likeness (QED) is 0.142. The number of ether oxygens (including phenoxy) is 11. The molecule has 2 saturated heterocycles. The van der Waals surface area contributed by atoms with E-state index in [2.05, 4.69) is 0 Å². The number of carbonyl (C=O) groups excluding carboxylic acids is 8. The molecule has 0 bridgehead atoms. The van der Waals surface area contributed by atoms with E-state index >= 15 is 0 Å². The summed E-state index contributed by atoms with van der Waals surface area (Å²) in [6.07, 6.45) is -13.5. The lowest BCUT2D eigenvalue weighted by Crippen LogP contribution is -2.66. The Morgan fingerprint density at radius 2 is 0.895 bits per heavy atom. The van der Waals surface area contributed by atoms with Gasteiger partial charge in [-0.1, -0.05) is 69.2 Å². The zero-order valence-corrected chi connectivity index (χ0v) is 34.9. The molecule has 2 rings (SSSR count). The number of hydrogen-bond donors (Lipinski definition) is 0. The molecule has 9 atom stereocenters. The van der Waals surface area contributed by atoms with Crippen molar-refractivity contribution in [2.45, 2.75) is 145 Å². The average Bonchev–Trinajstić information content (AvgIpc) is 3.36. The van der Waals surface area contributed by atoms with Gasteiger partial charge in [-0.25, -0.2) is 0 Å². The van der Waals surface area contributed by atoms with Crippen molar-refractivity contribution < 1.29 is 90.5 Å². The maximum atomic E-state index is 13.4. The molecule has 19 nitrogen and oxygen atoms in total. The first-order chi connectivity index (χ1) is 26.4. The van der Waals surface area contributed by atoms with E-state index in [-0.39, 0.29) is 0 Å². The summed E-state index contributed by atoms with van der Waals surface area (Å²) in [4.78, 5) is 103. The normalized spacial score (nSPS) is 27.2. The van der Waals surface area contributed by atoms with E-state index in [0.717, 1.165) is 20.8 Å². The predicted molar refractivity (Wildman–Crippen MR) is 191 cm³/mol. The van der Waals surface area contributed by atoms with Crippen LogP contribution < -0.4 is 0 Å². The van der Waals surface area contributed by atoms with Gasteiger partial charge in [-0.2, -0.15) is 0 Å². The highest BCUT2D eigenvalue weighted by Gasteiger charge is 2.65. The van der Waals surface area contributed by atoms with E-state index in [0.29, 0.717) is 0 Å². The molecule has 324 valence electrons. The summed E-state index contributed by atoms with van der Waals surface area (Å²) in [5, 5.41) is 0. The summed E-state index contributed by atoms with van der Waals surface area (Å²) in [5.41, 5.74) is 0. The van der Waals surface area contributed by atoms with Crippen LogP contribution in [0, 0.1) is 29.6 Å². The second-order valence-corrected chi connectivity index (χ2v) is 15.3. The van der Waals surface area contributed by atoms with Gasteiger partial charge in [-0.3, -0.25) is 38.4 Å².